The van der Waals surface area contributed by atoms with Gasteiger partial charge in [0, 0.05) is 5.33 Å². The van der Waals surface area contributed by atoms with Gasteiger partial charge in [0.15, 0.2) is 0 Å². The molecule has 0 spiro atoms. The summed E-state index contributed by atoms with van der Waals surface area (Å²) < 4.78 is 33.1. The van der Waals surface area contributed by atoms with Crippen LogP contribution in [-0.2, 0) is 10.1 Å². The Morgan fingerprint density at radius 3 is 2.67 bits per heavy atom. The summed E-state index contributed by atoms with van der Waals surface area (Å²) in [5, 5.41) is 9.07. The van der Waals surface area contributed by atoms with E-state index in [0.717, 1.165) is 0 Å². The topological polar surface area (TPSA) is 59.3 Å². The fourth-order valence-corrected chi connectivity index (χ4v) is 1.78. The minimum absolute atomic E-state index is 0.132. The molecule has 0 aliphatic rings. The highest BCUT2D eigenvalue weighted by Gasteiger charge is 2.18. The Bertz CT molecular complexity index is 500. The van der Waals surface area contributed by atoms with Gasteiger partial charge in [-0.05, 0) is 17.7 Å². The summed E-state index contributed by atoms with van der Waals surface area (Å²) in [6.07, 6.45) is 0. The van der Waals surface area contributed by atoms with Gasteiger partial charge in [-0.3, -0.25) is 0 Å². The van der Waals surface area contributed by atoms with Crippen LogP contribution in [0.2, 0.25) is 0 Å². The average molecular weight is 320 g/mol. The second-order valence-electron chi connectivity index (χ2n) is 3.12. The largest absolute Gasteiger partial charge is 0.465 e. The van der Waals surface area contributed by atoms with Crippen molar-refractivity contribution in [3.8, 4) is 11.8 Å². The number of nitrogens with zero attached hydrogens (tertiary/aromatic N) is 1. The lowest BCUT2D eigenvalue weighted by Gasteiger charge is -2.11. The predicted molar refractivity (Wildman–Crippen MR) is 61.8 cm³/mol. The van der Waals surface area contributed by atoms with Crippen molar-refractivity contribution in [2.24, 2.45) is 0 Å². The van der Waals surface area contributed by atoms with Crippen LogP contribution >= 0.6 is 15.9 Å². The lowest BCUT2D eigenvalue weighted by Crippen LogP contribution is -2.09. The maximum absolute atomic E-state index is 12.2. The summed E-state index contributed by atoms with van der Waals surface area (Å²) in [7, 11) is 1.19. The number of carbonyl (C=O) groups excluding carboxylic acids is 1. The normalized spacial score (nSPS) is 10.0. The molecule has 0 radical (unpaired) electrons. The van der Waals surface area contributed by atoms with Gasteiger partial charge in [0.2, 0.25) is 0 Å². The van der Waals surface area contributed by atoms with Crippen molar-refractivity contribution in [1.29, 1.82) is 5.26 Å². The first-order chi connectivity index (χ1) is 8.53. The van der Waals surface area contributed by atoms with Gasteiger partial charge >= 0.3 is 12.6 Å². The minimum Gasteiger partial charge on any atom is -0.465 e. The monoisotopic (exact) mass is 319 g/mol. The Morgan fingerprint density at radius 1 is 1.56 bits per heavy atom. The van der Waals surface area contributed by atoms with Crippen molar-refractivity contribution in [2.45, 2.75) is 11.9 Å². The number of nitriles is 1. The molecule has 96 valence electrons. The van der Waals surface area contributed by atoms with Gasteiger partial charge in [0.25, 0.3) is 0 Å². The van der Waals surface area contributed by atoms with Crippen LogP contribution in [-0.4, -0.2) is 19.7 Å². The molecule has 0 unspecified atom stereocenters. The van der Waals surface area contributed by atoms with Crippen LogP contribution in [0.1, 0.15) is 21.5 Å². The molecule has 0 aliphatic carbocycles. The van der Waals surface area contributed by atoms with E-state index >= 15 is 0 Å². The Kier molecular flexibility index (Phi) is 5.04. The van der Waals surface area contributed by atoms with Crippen LogP contribution in [0.4, 0.5) is 8.78 Å². The summed E-state index contributed by atoms with van der Waals surface area (Å²) in [5.74, 6) is -0.917. The maximum Gasteiger partial charge on any atom is 0.387 e. The van der Waals surface area contributed by atoms with E-state index in [4.69, 9.17) is 5.26 Å². The van der Waals surface area contributed by atoms with E-state index in [9.17, 15) is 13.6 Å². The smallest absolute Gasteiger partial charge is 0.387 e. The molecule has 0 heterocycles. The van der Waals surface area contributed by atoms with E-state index in [2.05, 4.69) is 25.4 Å². The number of ether oxygens (including phenoxy) is 2. The van der Waals surface area contributed by atoms with Gasteiger partial charge < -0.3 is 9.47 Å². The van der Waals surface area contributed by atoms with Crippen molar-refractivity contribution >= 4 is 21.9 Å². The van der Waals surface area contributed by atoms with Gasteiger partial charge in [0.05, 0.1) is 18.2 Å². The number of hydrogen-bond donors (Lipinski definition) is 0. The van der Waals surface area contributed by atoms with E-state index in [1.165, 1.54) is 19.2 Å². The van der Waals surface area contributed by atoms with Gasteiger partial charge in [-0.15, -0.1) is 0 Å². The third-order valence-electron chi connectivity index (χ3n) is 2.09. The number of hydrogen-bond acceptors (Lipinski definition) is 4. The van der Waals surface area contributed by atoms with Gasteiger partial charge in [-0.25, -0.2) is 4.79 Å². The Hall–Kier alpha value is -1.68. The minimum atomic E-state index is -3.04. The zero-order valence-corrected chi connectivity index (χ0v) is 10.8. The quantitative estimate of drug-likeness (QED) is 0.632. The zero-order chi connectivity index (χ0) is 13.7. The molecule has 1 aromatic rings. The zero-order valence-electron chi connectivity index (χ0n) is 9.25. The van der Waals surface area contributed by atoms with Crippen molar-refractivity contribution in [2.75, 3.05) is 7.11 Å². The van der Waals surface area contributed by atoms with Crippen molar-refractivity contribution in [3.63, 3.8) is 0 Å². The van der Waals surface area contributed by atoms with Crippen LogP contribution in [0.3, 0.4) is 0 Å². The molecule has 1 rings (SSSR count). The number of methoxy groups -OCH3 is 1. The van der Waals surface area contributed by atoms with Crippen LogP contribution in [0.5, 0.6) is 5.75 Å². The first-order valence-corrected chi connectivity index (χ1v) is 5.81. The van der Waals surface area contributed by atoms with E-state index in [-0.39, 0.29) is 22.2 Å². The molecule has 18 heavy (non-hydrogen) atoms. The maximum atomic E-state index is 12.2. The molecule has 0 N–H and O–H groups in total. The molecule has 7 heteroatoms. The number of esters is 1. The third-order valence-corrected chi connectivity index (χ3v) is 2.70. The highest BCUT2D eigenvalue weighted by Crippen LogP contribution is 2.27. The molecular weight excluding hydrogens is 312 g/mol. The molecule has 1 aromatic carbocycles. The Labute approximate surface area is 110 Å². The molecule has 0 fully saturated rings. The van der Waals surface area contributed by atoms with Gasteiger partial charge in [-0.1, -0.05) is 15.9 Å². The van der Waals surface area contributed by atoms with Gasteiger partial charge in [0.1, 0.15) is 11.8 Å². The third kappa shape index (κ3) is 3.17. The van der Waals surface area contributed by atoms with E-state index in [0.29, 0.717) is 5.56 Å². The van der Waals surface area contributed by atoms with E-state index in [1.807, 2.05) is 0 Å². The standard InChI is InChI=1S/C11H8BrF2NO3/c1-17-10(16)8-2-7(5-15)9(18-11(13)14)3-6(8)4-12/h2-3,11H,4H2,1H3. The molecule has 0 bridgehead atoms. The lowest BCUT2D eigenvalue weighted by molar-refractivity contribution is -0.0500. The van der Waals surface area contributed by atoms with E-state index < -0.39 is 12.6 Å². The summed E-state index contributed by atoms with van der Waals surface area (Å²) in [4.78, 5) is 11.5. The SMILES string of the molecule is COC(=O)c1cc(C#N)c(OC(F)F)cc1CBr. The molecule has 0 amide bonds. The Balaban J connectivity index is 3.33. The summed E-state index contributed by atoms with van der Waals surface area (Å²) in [6, 6.07) is 4.07. The highest BCUT2D eigenvalue weighted by molar-refractivity contribution is 9.08. The fourth-order valence-electron chi connectivity index (χ4n) is 1.31. The number of halogens is 3. The summed E-state index contributed by atoms with van der Waals surface area (Å²) >= 11 is 3.12. The second-order valence-corrected chi connectivity index (χ2v) is 3.68. The van der Waals surface area contributed by atoms with Crippen LogP contribution in [0.25, 0.3) is 0 Å². The first kappa shape index (κ1) is 14.4. The molecule has 0 aliphatic heterocycles. The van der Waals surface area contributed by atoms with Gasteiger partial charge in [-0.2, -0.15) is 14.0 Å². The van der Waals surface area contributed by atoms with Crippen molar-refractivity contribution in [1.82, 2.24) is 0 Å². The highest BCUT2D eigenvalue weighted by atomic mass is 79.9. The number of benzene rings is 1. The molecule has 4 nitrogen and oxygen atoms in total. The van der Waals surface area contributed by atoms with Crippen LogP contribution in [0.15, 0.2) is 12.1 Å². The molecular formula is C11H8BrF2NO3. The first-order valence-electron chi connectivity index (χ1n) is 4.69. The number of rotatable bonds is 4. The van der Waals surface area contributed by atoms with Crippen LogP contribution < -0.4 is 4.74 Å². The average Bonchev–Trinajstić information content (AvgIpc) is 2.36. The lowest BCUT2D eigenvalue weighted by atomic mass is 10.0. The molecule has 0 saturated heterocycles. The summed E-state index contributed by atoms with van der Waals surface area (Å²) in [5.41, 5.74) is 0.379. The number of carbonyl (C=O) groups is 1. The molecule has 0 saturated carbocycles. The van der Waals surface area contributed by atoms with E-state index in [1.54, 1.807) is 6.07 Å². The second kappa shape index (κ2) is 6.31. The molecule has 0 atom stereocenters. The predicted octanol–water partition coefficient (Wildman–Crippen LogP) is 2.84. The fraction of sp³-hybridized carbons (Fsp3) is 0.273. The van der Waals surface area contributed by atoms with Crippen molar-refractivity contribution < 1.29 is 23.0 Å². The number of alkyl halides is 3. The van der Waals surface area contributed by atoms with Crippen LogP contribution in [0, 0.1) is 11.3 Å². The van der Waals surface area contributed by atoms with Crippen molar-refractivity contribution in [3.05, 3.63) is 28.8 Å². The molecule has 0 aromatic heterocycles. The summed E-state index contributed by atoms with van der Waals surface area (Å²) in [6.45, 7) is -3.04. The Morgan fingerprint density at radius 2 is 2.22 bits per heavy atom.